The Balaban J connectivity index is 1.26. The first-order chi connectivity index (χ1) is 17.3. The summed E-state index contributed by atoms with van der Waals surface area (Å²) in [6, 6.07) is 21.9. The van der Waals surface area contributed by atoms with Gasteiger partial charge in [-0.1, -0.05) is 69.4 Å². The number of ether oxygens (including phenoxy) is 2. The van der Waals surface area contributed by atoms with Gasteiger partial charge in [-0.05, 0) is 42.3 Å². The minimum Gasteiger partial charge on any atom is -0.489 e. The van der Waals surface area contributed by atoms with Crippen LogP contribution in [0.3, 0.4) is 0 Å². The maximum atomic E-state index is 5.87. The Bertz CT molecular complexity index is 1130. The van der Waals surface area contributed by atoms with Crippen LogP contribution < -0.4 is 9.47 Å². The van der Waals surface area contributed by atoms with Gasteiger partial charge in [-0.3, -0.25) is 9.97 Å². The Morgan fingerprint density at radius 3 is 1.97 bits per heavy atom. The highest BCUT2D eigenvalue weighted by molar-refractivity contribution is 5.62. The molecule has 0 radical (unpaired) electrons. The van der Waals surface area contributed by atoms with Crippen LogP contribution >= 0.6 is 0 Å². The molecule has 0 saturated carbocycles. The van der Waals surface area contributed by atoms with Gasteiger partial charge < -0.3 is 9.47 Å². The topological polar surface area (TPSA) is 57.1 Å². The Morgan fingerprint density at radius 1 is 0.600 bits per heavy atom. The third kappa shape index (κ3) is 7.64. The summed E-state index contributed by atoms with van der Waals surface area (Å²) < 4.78 is 11.6. The van der Waals surface area contributed by atoms with Crippen molar-refractivity contribution in [2.45, 2.75) is 52.1 Å². The molecule has 180 valence electrons. The number of rotatable bonds is 13. The number of hydrogen-bond acceptors (Lipinski definition) is 5. The molecular weight excluding hydrogens is 434 g/mol. The molecule has 0 amide bonds. The van der Waals surface area contributed by atoms with Gasteiger partial charge in [0.05, 0.1) is 30.4 Å². The average molecular weight is 468 g/mol. The second-order valence-corrected chi connectivity index (χ2v) is 8.59. The molecule has 0 N–H and O–H groups in total. The lowest BCUT2D eigenvalue weighted by Crippen LogP contribution is -1.99. The molecule has 0 aliphatic rings. The SMILES string of the molecule is CCCCCCCCOc1ccc(-c2cnc(-c3ccc(OCc4ccccc4)cc3)cn2)cn1. The molecule has 35 heavy (non-hydrogen) atoms. The van der Waals surface area contributed by atoms with Crippen molar-refractivity contribution < 1.29 is 9.47 Å². The second-order valence-electron chi connectivity index (χ2n) is 8.59. The molecule has 5 nitrogen and oxygen atoms in total. The summed E-state index contributed by atoms with van der Waals surface area (Å²) in [5.74, 6) is 1.48. The second kappa shape index (κ2) is 13.2. The molecule has 0 unspecified atom stereocenters. The zero-order chi connectivity index (χ0) is 24.1. The van der Waals surface area contributed by atoms with Crippen LogP contribution in [0.1, 0.15) is 51.0 Å². The number of hydrogen-bond donors (Lipinski definition) is 0. The van der Waals surface area contributed by atoms with E-state index in [1.54, 1.807) is 18.6 Å². The van der Waals surface area contributed by atoms with E-state index in [1.807, 2.05) is 54.6 Å². The van der Waals surface area contributed by atoms with Crippen LogP contribution in [0.4, 0.5) is 0 Å². The molecule has 4 aromatic rings. The van der Waals surface area contributed by atoms with E-state index in [-0.39, 0.29) is 0 Å². The lowest BCUT2D eigenvalue weighted by molar-refractivity contribution is 0.293. The summed E-state index contributed by atoms with van der Waals surface area (Å²) in [7, 11) is 0. The highest BCUT2D eigenvalue weighted by atomic mass is 16.5. The molecule has 0 bridgehead atoms. The van der Waals surface area contributed by atoms with Gasteiger partial charge in [0.1, 0.15) is 12.4 Å². The Hall–Kier alpha value is -3.73. The molecule has 5 heteroatoms. The van der Waals surface area contributed by atoms with Gasteiger partial charge in [-0.2, -0.15) is 0 Å². The van der Waals surface area contributed by atoms with Gasteiger partial charge in [0, 0.05) is 23.4 Å². The third-order valence-electron chi connectivity index (χ3n) is 5.83. The normalized spacial score (nSPS) is 10.8. The first-order valence-electron chi connectivity index (χ1n) is 12.5. The van der Waals surface area contributed by atoms with E-state index in [9.17, 15) is 0 Å². The van der Waals surface area contributed by atoms with E-state index in [1.165, 1.54) is 32.1 Å². The molecule has 2 heterocycles. The Morgan fingerprint density at radius 2 is 1.29 bits per heavy atom. The van der Waals surface area contributed by atoms with E-state index >= 15 is 0 Å². The zero-order valence-electron chi connectivity index (χ0n) is 20.4. The summed E-state index contributed by atoms with van der Waals surface area (Å²) in [4.78, 5) is 13.6. The average Bonchev–Trinajstić information content (AvgIpc) is 2.93. The lowest BCUT2D eigenvalue weighted by atomic mass is 10.1. The molecule has 2 aromatic heterocycles. The van der Waals surface area contributed by atoms with Crippen molar-refractivity contribution in [3.8, 4) is 34.1 Å². The van der Waals surface area contributed by atoms with Gasteiger partial charge >= 0.3 is 0 Å². The Labute approximate surface area is 208 Å². The van der Waals surface area contributed by atoms with Crippen LogP contribution in [0.15, 0.2) is 85.3 Å². The smallest absolute Gasteiger partial charge is 0.213 e. The van der Waals surface area contributed by atoms with E-state index in [4.69, 9.17) is 9.47 Å². The Kier molecular flexibility index (Phi) is 9.22. The molecular formula is C30H33N3O2. The van der Waals surface area contributed by atoms with Gasteiger partial charge in [0.25, 0.3) is 0 Å². The molecule has 0 aliphatic heterocycles. The predicted octanol–water partition coefficient (Wildman–Crippen LogP) is 7.52. The summed E-state index contributed by atoms with van der Waals surface area (Å²) in [5.41, 5.74) is 4.65. The van der Waals surface area contributed by atoms with Crippen molar-refractivity contribution >= 4 is 0 Å². The van der Waals surface area contributed by atoms with Crippen LogP contribution in [0.25, 0.3) is 22.5 Å². The number of aromatic nitrogens is 3. The van der Waals surface area contributed by atoms with Crippen LogP contribution in [-0.4, -0.2) is 21.6 Å². The third-order valence-corrected chi connectivity index (χ3v) is 5.83. The van der Waals surface area contributed by atoms with Gasteiger partial charge in [-0.15, -0.1) is 0 Å². The number of unbranched alkanes of at least 4 members (excludes halogenated alkanes) is 5. The highest BCUT2D eigenvalue weighted by Crippen LogP contribution is 2.23. The molecule has 0 aliphatic carbocycles. The monoisotopic (exact) mass is 467 g/mol. The molecule has 0 fully saturated rings. The van der Waals surface area contributed by atoms with Crippen LogP contribution in [0, 0.1) is 0 Å². The van der Waals surface area contributed by atoms with Crippen molar-refractivity contribution in [2.75, 3.05) is 6.61 Å². The highest BCUT2D eigenvalue weighted by Gasteiger charge is 2.05. The van der Waals surface area contributed by atoms with Crippen LogP contribution in [-0.2, 0) is 6.61 Å². The minimum atomic E-state index is 0.547. The largest absolute Gasteiger partial charge is 0.489 e. The van der Waals surface area contributed by atoms with E-state index < -0.39 is 0 Å². The van der Waals surface area contributed by atoms with Gasteiger partial charge in [-0.25, -0.2) is 4.98 Å². The van der Waals surface area contributed by atoms with E-state index in [2.05, 4.69) is 34.0 Å². The van der Waals surface area contributed by atoms with Gasteiger partial charge in [0.15, 0.2) is 0 Å². The predicted molar refractivity (Wildman–Crippen MR) is 140 cm³/mol. The summed E-state index contributed by atoms with van der Waals surface area (Å²) in [6.45, 7) is 3.50. The summed E-state index contributed by atoms with van der Waals surface area (Å²) in [5, 5.41) is 0. The van der Waals surface area contributed by atoms with Crippen LogP contribution in [0.2, 0.25) is 0 Å². The van der Waals surface area contributed by atoms with E-state index in [0.29, 0.717) is 19.1 Å². The lowest BCUT2D eigenvalue weighted by Gasteiger charge is -2.08. The summed E-state index contributed by atoms with van der Waals surface area (Å²) in [6.07, 6.45) is 12.8. The van der Waals surface area contributed by atoms with Crippen molar-refractivity contribution in [1.82, 2.24) is 15.0 Å². The van der Waals surface area contributed by atoms with Gasteiger partial charge in [0.2, 0.25) is 5.88 Å². The maximum absolute atomic E-state index is 5.87. The maximum Gasteiger partial charge on any atom is 0.213 e. The quantitative estimate of drug-likeness (QED) is 0.190. The fourth-order valence-corrected chi connectivity index (χ4v) is 3.77. The molecule has 0 atom stereocenters. The number of nitrogens with zero attached hydrogens (tertiary/aromatic N) is 3. The number of pyridine rings is 1. The van der Waals surface area contributed by atoms with Crippen molar-refractivity contribution in [3.05, 3.63) is 90.9 Å². The zero-order valence-corrected chi connectivity index (χ0v) is 20.4. The standard InChI is InChI=1S/C30H33N3O2/c1-2-3-4-5-6-10-19-34-30-18-15-26(20-33-30)29-22-31-28(21-32-29)25-13-16-27(17-14-25)35-23-24-11-8-7-9-12-24/h7-9,11-18,20-22H,2-6,10,19,23H2,1H3. The van der Waals surface area contributed by atoms with E-state index in [0.717, 1.165) is 40.2 Å². The number of benzene rings is 2. The van der Waals surface area contributed by atoms with Crippen molar-refractivity contribution in [3.63, 3.8) is 0 Å². The molecule has 0 spiro atoms. The molecule has 0 saturated heterocycles. The molecule has 4 rings (SSSR count). The molecule has 2 aromatic carbocycles. The summed E-state index contributed by atoms with van der Waals surface area (Å²) >= 11 is 0. The van der Waals surface area contributed by atoms with Crippen molar-refractivity contribution in [1.29, 1.82) is 0 Å². The minimum absolute atomic E-state index is 0.547. The first kappa shape index (κ1) is 24.4. The van der Waals surface area contributed by atoms with Crippen molar-refractivity contribution in [2.24, 2.45) is 0 Å². The fraction of sp³-hybridized carbons (Fsp3) is 0.300. The van der Waals surface area contributed by atoms with Crippen LogP contribution in [0.5, 0.6) is 11.6 Å². The fourth-order valence-electron chi connectivity index (χ4n) is 3.77. The first-order valence-corrected chi connectivity index (χ1v) is 12.5.